The lowest BCUT2D eigenvalue weighted by Crippen LogP contribution is -2.04. The van der Waals surface area contributed by atoms with Crippen molar-refractivity contribution in [3.63, 3.8) is 0 Å². The molecule has 1 heterocycles. The summed E-state index contributed by atoms with van der Waals surface area (Å²) < 4.78 is 26.6. The quantitative estimate of drug-likeness (QED) is 0.499. The summed E-state index contributed by atoms with van der Waals surface area (Å²) in [5, 5.41) is 0.637. The third-order valence-electron chi connectivity index (χ3n) is 3.54. The van der Waals surface area contributed by atoms with Gasteiger partial charge in [-0.15, -0.1) is 0 Å². The summed E-state index contributed by atoms with van der Waals surface area (Å²) in [6, 6.07) is 5.43. The van der Waals surface area contributed by atoms with Gasteiger partial charge in [-0.25, -0.2) is 4.79 Å². The maximum absolute atomic E-state index is 12.1. The lowest BCUT2D eigenvalue weighted by Gasteiger charge is -2.12. The fraction of sp³-hybridized carbons (Fsp3) is 0.316. The molecule has 0 aliphatic carbocycles. The van der Waals surface area contributed by atoms with Crippen molar-refractivity contribution < 1.29 is 28.2 Å². The molecule has 0 spiro atoms. The molecule has 0 aliphatic heterocycles. The molecule has 1 aromatic carbocycles. The molecule has 6 nitrogen and oxygen atoms in total. The summed E-state index contributed by atoms with van der Waals surface area (Å²) in [6.07, 6.45) is 5.50. The number of furan rings is 1. The molecule has 7 heteroatoms. The van der Waals surface area contributed by atoms with Crippen LogP contribution in [0.25, 0.3) is 12.2 Å². The van der Waals surface area contributed by atoms with Gasteiger partial charge in [0.25, 0.3) is 0 Å². The molecule has 2 aromatic rings. The average molecular weight is 378 g/mol. The van der Waals surface area contributed by atoms with Crippen LogP contribution in [0.4, 0.5) is 0 Å². The molecule has 0 saturated heterocycles. The summed E-state index contributed by atoms with van der Waals surface area (Å²) in [6.45, 7) is 2.03. The molecule has 0 bridgehead atoms. The van der Waals surface area contributed by atoms with Crippen molar-refractivity contribution in [1.29, 1.82) is 0 Å². The third-order valence-corrected chi connectivity index (χ3v) is 4.15. The maximum Gasteiger partial charge on any atom is 0.374 e. The van der Waals surface area contributed by atoms with Crippen LogP contribution in [0, 0.1) is 0 Å². The van der Waals surface area contributed by atoms with E-state index in [-0.39, 0.29) is 12.4 Å². The average Bonchev–Trinajstić information content (AvgIpc) is 3.09. The monoisotopic (exact) mass is 378 g/mol. The highest BCUT2D eigenvalue weighted by Crippen LogP contribution is 2.38. The van der Waals surface area contributed by atoms with Crippen molar-refractivity contribution in [1.82, 2.24) is 0 Å². The van der Waals surface area contributed by atoms with Crippen molar-refractivity contribution in [2.45, 2.75) is 12.0 Å². The number of thioether (sulfide) groups is 1. The molecule has 0 amide bonds. The largest absolute Gasteiger partial charge is 0.493 e. The van der Waals surface area contributed by atoms with Gasteiger partial charge in [-0.1, -0.05) is 23.9 Å². The van der Waals surface area contributed by atoms with Gasteiger partial charge in [0.2, 0.25) is 11.5 Å². The maximum atomic E-state index is 12.1. The summed E-state index contributed by atoms with van der Waals surface area (Å²) >= 11 is 1.41. The minimum atomic E-state index is -0.489. The van der Waals surface area contributed by atoms with Crippen molar-refractivity contribution in [3.8, 4) is 17.2 Å². The van der Waals surface area contributed by atoms with Gasteiger partial charge in [0.1, 0.15) is 0 Å². The molecule has 0 fully saturated rings. The fourth-order valence-electron chi connectivity index (χ4n) is 2.35. The van der Waals surface area contributed by atoms with Gasteiger partial charge >= 0.3 is 5.97 Å². The van der Waals surface area contributed by atoms with E-state index in [1.165, 1.54) is 11.8 Å². The molecule has 0 aliphatic rings. The first-order chi connectivity index (χ1) is 12.6. The van der Waals surface area contributed by atoms with E-state index in [9.17, 15) is 4.79 Å². The van der Waals surface area contributed by atoms with E-state index in [2.05, 4.69) is 0 Å². The number of hydrogen-bond acceptors (Lipinski definition) is 7. The Balaban J connectivity index is 2.40. The van der Waals surface area contributed by atoms with Crippen LogP contribution in [0.2, 0.25) is 0 Å². The normalized spacial score (nSPS) is 10.8. The van der Waals surface area contributed by atoms with Crippen LogP contribution in [0.3, 0.4) is 0 Å². The highest BCUT2D eigenvalue weighted by molar-refractivity contribution is 7.98. The number of methoxy groups -OCH3 is 3. The van der Waals surface area contributed by atoms with Crippen molar-refractivity contribution in [3.05, 3.63) is 35.1 Å². The van der Waals surface area contributed by atoms with E-state index < -0.39 is 5.97 Å². The second kappa shape index (κ2) is 9.24. The van der Waals surface area contributed by atoms with Gasteiger partial charge in [-0.3, -0.25) is 0 Å². The number of ether oxygens (including phenoxy) is 4. The molecular weight excluding hydrogens is 356 g/mol. The Hall–Kier alpha value is -2.54. The highest BCUT2D eigenvalue weighted by atomic mass is 32.2. The summed E-state index contributed by atoms with van der Waals surface area (Å²) in [4.78, 5) is 12.1. The number of carbonyl (C=O) groups excluding carboxylic acids is 1. The number of esters is 1. The van der Waals surface area contributed by atoms with Crippen LogP contribution in [0.1, 0.15) is 28.6 Å². The molecular formula is C19H22O6S. The summed E-state index contributed by atoms with van der Waals surface area (Å²) in [5.74, 6) is 1.31. The van der Waals surface area contributed by atoms with Crippen LogP contribution < -0.4 is 14.2 Å². The second-order valence-electron chi connectivity index (χ2n) is 5.07. The summed E-state index contributed by atoms with van der Waals surface area (Å²) in [7, 11) is 4.67. The third kappa shape index (κ3) is 4.35. The molecule has 0 atom stereocenters. The van der Waals surface area contributed by atoms with E-state index in [1.54, 1.807) is 40.4 Å². The Morgan fingerprint density at radius 3 is 2.23 bits per heavy atom. The van der Waals surface area contributed by atoms with Gasteiger partial charge in [-0.05, 0) is 36.9 Å². The van der Waals surface area contributed by atoms with E-state index in [0.29, 0.717) is 27.9 Å². The van der Waals surface area contributed by atoms with Crippen LogP contribution in [-0.2, 0) is 4.74 Å². The Kier molecular flexibility index (Phi) is 7.03. The van der Waals surface area contributed by atoms with Gasteiger partial charge in [0.05, 0.1) is 27.9 Å². The molecule has 140 valence electrons. The standard InChI is InChI=1S/C19H22O6S/c1-6-24-19(20)17-13(11-16(25-17)26-5)8-7-12-9-14(21-2)18(23-4)15(10-12)22-3/h7-11H,6H2,1-5H3/b8-7+. The van der Waals surface area contributed by atoms with Crippen LogP contribution in [-0.4, -0.2) is 40.2 Å². The van der Waals surface area contributed by atoms with E-state index >= 15 is 0 Å². The van der Waals surface area contributed by atoms with Gasteiger partial charge in [0, 0.05) is 5.56 Å². The number of carbonyl (C=O) groups is 1. The number of hydrogen-bond donors (Lipinski definition) is 0. The van der Waals surface area contributed by atoms with E-state index in [0.717, 1.165) is 5.56 Å². The minimum absolute atomic E-state index is 0.180. The van der Waals surface area contributed by atoms with Crippen molar-refractivity contribution >= 4 is 29.9 Å². The van der Waals surface area contributed by atoms with E-state index in [1.807, 2.05) is 24.5 Å². The lowest BCUT2D eigenvalue weighted by molar-refractivity contribution is 0.0484. The first-order valence-corrected chi connectivity index (χ1v) is 9.13. The first-order valence-electron chi connectivity index (χ1n) is 7.90. The minimum Gasteiger partial charge on any atom is -0.493 e. The topological polar surface area (TPSA) is 67.1 Å². The lowest BCUT2D eigenvalue weighted by atomic mass is 10.1. The van der Waals surface area contributed by atoms with Crippen LogP contribution in [0.15, 0.2) is 27.7 Å². The number of rotatable bonds is 8. The van der Waals surface area contributed by atoms with Crippen LogP contribution in [0.5, 0.6) is 17.2 Å². The molecule has 0 unspecified atom stereocenters. The molecule has 1 aromatic heterocycles. The molecule has 0 N–H and O–H groups in total. The zero-order valence-corrected chi connectivity index (χ0v) is 16.3. The summed E-state index contributed by atoms with van der Waals surface area (Å²) in [5.41, 5.74) is 1.46. The predicted molar refractivity (Wildman–Crippen MR) is 101 cm³/mol. The molecule has 26 heavy (non-hydrogen) atoms. The Bertz CT molecular complexity index is 768. The predicted octanol–water partition coefficient (Wildman–Crippen LogP) is 4.37. The SMILES string of the molecule is CCOC(=O)c1oc(SC)cc1/C=C/c1cc(OC)c(OC)c(OC)c1. The zero-order valence-electron chi connectivity index (χ0n) is 15.5. The zero-order chi connectivity index (χ0) is 19.1. The van der Waals surface area contributed by atoms with Gasteiger partial charge in [0.15, 0.2) is 16.6 Å². The van der Waals surface area contributed by atoms with E-state index in [4.69, 9.17) is 23.4 Å². The molecule has 2 rings (SSSR count). The number of benzene rings is 1. The molecule has 0 saturated carbocycles. The Morgan fingerprint density at radius 2 is 1.73 bits per heavy atom. The Labute approximate surface area is 157 Å². The fourth-order valence-corrected chi connectivity index (χ4v) is 2.76. The van der Waals surface area contributed by atoms with Crippen LogP contribution >= 0.6 is 11.8 Å². The van der Waals surface area contributed by atoms with Gasteiger partial charge in [-0.2, -0.15) is 0 Å². The highest BCUT2D eigenvalue weighted by Gasteiger charge is 2.18. The smallest absolute Gasteiger partial charge is 0.374 e. The second-order valence-corrected chi connectivity index (χ2v) is 5.88. The molecule has 0 radical (unpaired) electrons. The van der Waals surface area contributed by atoms with Crippen molar-refractivity contribution in [2.75, 3.05) is 34.2 Å². The van der Waals surface area contributed by atoms with Gasteiger partial charge < -0.3 is 23.4 Å². The van der Waals surface area contributed by atoms with Crippen molar-refractivity contribution in [2.24, 2.45) is 0 Å². The first kappa shape index (κ1) is 19.8. The Morgan fingerprint density at radius 1 is 1.08 bits per heavy atom.